The minimum absolute atomic E-state index is 0.0336. The Morgan fingerprint density at radius 3 is 1.96 bits per heavy atom. The molecule has 356 valence electrons. The summed E-state index contributed by atoms with van der Waals surface area (Å²) in [6, 6.07) is 46.3. The van der Waals surface area contributed by atoms with Gasteiger partial charge < -0.3 is 9.15 Å². The van der Waals surface area contributed by atoms with E-state index in [1.807, 2.05) is 125 Å². The second-order valence-corrected chi connectivity index (χ2v) is 21.2. The molecule has 1 aliphatic rings. The maximum absolute atomic E-state index is 9.85. The summed E-state index contributed by atoms with van der Waals surface area (Å²) in [4.78, 5) is 4.89. The third-order valence-electron chi connectivity index (χ3n) is 14.5. The molecule has 4 aromatic heterocycles. The van der Waals surface area contributed by atoms with Crippen molar-refractivity contribution in [3.63, 3.8) is 0 Å². The lowest BCUT2D eigenvalue weighted by molar-refractivity contribution is -0.570. The lowest BCUT2D eigenvalue weighted by Gasteiger charge is -2.22. The average Bonchev–Trinajstić information content (AvgIpc) is 2.52. The lowest BCUT2D eigenvalue weighted by atomic mass is 9.83. The predicted molar refractivity (Wildman–Crippen MR) is 302 cm³/mol. The average molecular weight is 965 g/mol. The van der Waals surface area contributed by atoms with Gasteiger partial charge in [-0.2, -0.15) is 0 Å². The number of benzene rings is 9. The van der Waals surface area contributed by atoms with Crippen LogP contribution in [0, 0.1) is 6.33 Å². The highest BCUT2D eigenvalue weighted by Crippen LogP contribution is 2.47. The topological polar surface area (TPSA) is 49.0 Å². The smallest absolute Gasteiger partial charge is 0.269 e. The largest absolute Gasteiger partial charge is 0.458 e. The summed E-state index contributed by atoms with van der Waals surface area (Å²) in [6.07, 6.45) is 5.63. The van der Waals surface area contributed by atoms with Gasteiger partial charge in [-0.3, -0.25) is 13.7 Å². The zero-order chi connectivity index (χ0) is 57.0. The minimum Gasteiger partial charge on any atom is -0.458 e. The van der Waals surface area contributed by atoms with Crippen LogP contribution in [-0.2, 0) is 10.8 Å². The van der Waals surface area contributed by atoms with Crippen molar-refractivity contribution in [1.29, 1.82) is 0 Å². The molecule has 1 aliphatic heterocycles. The van der Waals surface area contributed by atoms with Gasteiger partial charge in [0, 0.05) is 33.8 Å². The molecule has 14 rings (SSSR count). The van der Waals surface area contributed by atoms with E-state index in [0.717, 1.165) is 60.7 Å². The molecule has 13 aromatic rings. The Morgan fingerprint density at radius 2 is 1.18 bits per heavy atom. The van der Waals surface area contributed by atoms with Gasteiger partial charge in [0.15, 0.2) is 0 Å². The number of nitrogens with zero attached hydrogens (tertiary/aromatic N) is 4. The Kier molecular flexibility index (Phi) is 7.91. The van der Waals surface area contributed by atoms with Crippen LogP contribution in [0.15, 0.2) is 211 Å². The highest BCUT2D eigenvalue weighted by molar-refractivity contribution is 6.10. The molecular formula is C68H52N4O2. The molecule has 6 nitrogen and oxygen atoms in total. The molecule has 0 saturated heterocycles. The second-order valence-electron chi connectivity index (χ2n) is 21.2. The Labute approximate surface area is 441 Å². The summed E-state index contributed by atoms with van der Waals surface area (Å²) < 4.78 is 94.9. The van der Waals surface area contributed by atoms with Crippen molar-refractivity contribution in [2.24, 2.45) is 0 Å². The van der Waals surface area contributed by atoms with Crippen molar-refractivity contribution < 1.29 is 24.7 Å². The SMILES string of the molecule is [2H]c1c([2H])c([2H])c2c(c1[2H])-c1cccc(-c3ccc4oc5ccccc5c4c3)c1-[n+]1[c-]n(-c3cccc(Oc4ccc5c6ccccc6n(-c6cc(C(C)(C)C)ccn6)c5c4)c3)c3cc(C(C)(C)C)cc(c31)-c1c([2H])c([2H])c([2H])c([2H])c1-2. The highest BCUT2D eigenvalue weighted by atomic mass is 16.5. The number of pyridine rings is 1. The Balaban J connectivity index is 1.05. The summed E-state index contributed by atoms with van der Waals surface area (Å²) >= 11 is 0. The zero-order valence-corrected chi connectivity index (χ0v) is 41.6. The fourth-order valence-electron chi connectivity index (χ4n) is 10.8. The van der Waals surface area contributed by atoms with Gasteiger partial charge in [0.05, 0.1) is 44.4 Å². The molecule has 5 heterocycles. The van der Waals surface area contributed by atoms with Gasteiger partial charge in [0.1, 0.15) is 28.5 Å². The molecule has 0 aliphatic carbocycles. The number of fused-ring (bicyclic) bond motifs is 13. The van der Waals surface area contributed by atoms with Crippen LogP contribution in [0.2, 0.25) is 0 Å². The van der Waals surface area contributed by atoms with E-state index < -0.39 is 41.7 Å². The quantitative estimate of drug-likeness (QED) is 0.128. The second kappa shape index (κ2) is 16.3. The Hall–Kier alpha value is -9.00. The molecule has 0 unspecified atom stereocenters. The van der Waals surface area contributed by atoms with Crippen LogP contribution in [0.5, 0.6) is 11.5 Å². The zero-order valence-electron chi connectivity index (χ0n) is 49.6. The molecular weight excluding hydrogens is 905 g/mol. The van der Waals surface area contributed by atoms with Crippen molar-refractivity contribution in [3.05, 3.63) is 224 Å². The molecule has 0 bridgehead atoms. The number of rotatable bonds is 5. The van der Waals surface area contributed by atoms with Crippen LogP contribution in [0.25, 0.3) is 116 Å². The minimum atomic E-state index is -0.528. The van der Waals surface area contributed by atoms with Crippen LogP contribution in [0.3, 0.4) is 0 Å². The van der Waals surface area contributed by atoms with Crippen LogP contribution in [-0.4, -0.2) is 14.1 Å². The number of imidazole rings is 1. The fraction of sp³-hybridized carbons (Fsp3) is 0.118. The van der Waals surface area contributed by atoms with Gasteiger partial charge in [-0.25, -0.2) is 4.98 Å². The first-order valence-corrected chi connectivity index (χ1v) is 24.9. The number of furan rings is 1. The Morgan fingerprint density at radius 1 is 0.514 bits per heavy atom. The molecule has 0 spiro atoms. The van der Waals surface area contributed by atoms with Gasteiger partial charge >= 0.3 is 0 Å². The number of ether oxygens (including phenoxy) is 1. The molecule has 0 saturated carbocycles. The summed E-state index contributed by atoms with van der Waals surface area (Å²) in [5.74, 6) is 1.94. The van der Waals surface area contributed by atoms with E-state index in [0.29, 0.717) is 56.2 Å². The number of hydrogen-bond donors (Lipinski definition) is 0. The van der Waals surface area contributed by atoms with E-state index in [1.165, 1.54) is 0 Å². The van der Waals surface area contributed by atoms with Crippen LogP contribution in [0.4, 0.5) is 0 Å². The molecule has 0 amide bonds. The maximum Gasteiger partial charge on any atom is 0.269 e. The molecule has 74 heavy (non-hydrogen) atoms. The summed E-state index contributed by atoms with van der Waals surface area (Å²) in [5, 5.41) is 3.95. The van der Waals surface area contributed by atoms with Crippen LogP contribution in [0.1, 0.15) is 63.6 Å². The molecule has 0 fully saturated rings. The third-order valence-corrected chi connectivity index (χ3v) is 14.5. The third kappa shape index (κ3) is 6.93. The van der Waals surface area contributed by atoms with Crippen molar-refractivity contribution in [3.8, 4) is 73.2 Å². The Bertz CT molecular complexity index is 4920. The van der Waals surface area contributed by atoms with E-state index in [9.17, 15) is 8.22 Å². The first-order valence-electron chi connectivity index (χ1n) is 28.9. The summed E-state index contributed by atoms with van der Waals surface area (Å²) in [7, 11) is 0. The first-order chi connectivity index (χ1) is 39.3. The van der Waals surface area contributed by atoms with Crippen LogP contribution >= 0.6 is 0 Å². The molecule has 9 aromatic carbocycles. The van der Waals surface area contributed by atoms with Crippen molar-refractivity contribution in [2.45, 2.75) is 52.4 Å². The van der Waals surface area contributed by atoms with Gasteiger partial charge in [0.2, 0.25) is 0 Å². The van der Waals surface area contributed by atoms with Crippen molar-refractivity contribution in [1.82, 2.24) is 14.1 Å². The van der Waals surface area contributed by atoms with E-state index in [4.69, 9.17) is 16.9 Å². The van der Waals surface area contributed by atoms with Crippen molar-refractivity contribution >= 4 is 54.8 Å². The van der Waals surface area contributed by atoms with Crippen molar-refractivity contribution in [2.75, 3.05) is 0 Å². The number of hydrogen-bond acceptors (Lipinski definition) is 3. The van der Waals surface area contributed by atoms with Gasteiger partial charge in [0.25, 0.3) is 6.33 Å². The first kappa shape index (κ1) is 36.0. The monoisotopic (exact) mass is 964 g/mol. The van der Waals surface area contributed by atoms with Gasteiger partial charge in [-0.1, -0.05) is 163 Å². The van der Waals surface area contributed by atoms with E-state index >= 15 is 0 Å². The van der Waals surface area contributed by atoms with Gasteiger partial charge in [-0.05, 0) is 139 Å². The molecule has 6 heteroatoms. The van der Waals surface area contributed by atoms with Crippen LogP contribution < -0.4 is 9.30 Å². The predicted octanol–water partition coefficient (Wildman–Crippen LogP) is 17.5. The van der Waals surface area contributed by atoms with E-state index in [-0.39, 0.29) is 39.8 Å². The van der Waals surface area contributed by atoms with E-state index in [2.05, 4.69) is 94.9 Å². The molecule has 0 atom stereocenters. The summed E-state index contributed by atoms with van der Waals surface area (Å²) in [6.45, 7) is 12.8. The number of aromatic nitrogens is 4. The summed E-state index contributed by atoms with van der Waals surface area (Å²) in [5.41, 5.74) is 9.50. The fourth-order valence-corrected chi connectivity index (χ4v) is 10.8. The molecule has 0 radical (unpaired) electrons. The van der Waals surface area contributed by atoms with Gasteiger partial charge in [-0.15, -0.1) is 0 Å². The molecule has 0 N–H and O–H groups in total. The standard InChI is InChI=1S/C68H52N4O2/c1-67(2,3)43-33-34-69-64(38-43)72-59-27-13-11-23-53(59)54-31-30-47(40-60(54)72)73-46-18-15-17-45(39-46)70-41-71-65-48(42-29-32-63-57(35-42)55-24-12-14-28-62(55)74-63)25-16-26-56(65)51-21-9-7-19-49(51)50-20-8-10-22-52(50)58-36-44(68(4,5)6)37-61(70)66(58)71/h7-40H,1-6H3/i7D,8D,9D,10D,19D,20D,21D,22D. The lowest BCUT2D eigenvalue weighted by Crippen LogP contribution is -2.32. The highest BCUT2D eigenvalue weighted by Gasteiger charge is 2.29. The normalized spacial score (nSPS) is 14.0. The maximum atomic E-state index is 9.85. The van der Waals surface area contributed by atoms with E-state index in [1.54, 1.807) is 0 Å². The number of para-hydroxylation sites is 3.